The predicted octanol–water partition coefficient (Wildman–Crippen LogP) is 3.06. The van der Waals surface area contributed by atoms with E-state index in [1.165, 1.54) is 4.31 Å². The van der Waals surface area contributed by atoms with E-state index in [0.29, 0.717) is 5.57 Å². The Kier molecular flexibility index (Phi) is 5.17. The second-order valence-electron chi connectivity index (χ2n) is 7.11. The number of aryl methyl sites for hydroxylation is 1. The van der Waals surface area contributed by atoms with Crippen LogP contribution in [0.1, 0.15) is 18.1 Å². The maximum atomic E-state index is 13.0. The lowest BCUT2D eigenvalue weighted by Gasteiger charge is -2.21. The lowest BCUT2D eigenvalue weighted by Crippen LogP contribution is -2.34. The molecule has 0 spiro atoms. The first-order valence-electron chi connectivity index (χ1n) is 8.58. The minimum absolute atomic E-state index is 0.0549. The zero-order valence-corrected chi connectivity index (χ0v) is 16.1. The third kappa shape index (κ3) is 4.09. The first kappa shape index (κ1) is 19.3. The number of nitrogens with zero attached hydrogens (tertiary/aromatic N) is 2. The molecule has 27 heavy (non-hydrogen) atoms. The number of hydrogen-bond acceptors (Lipinski definition) is 4. The fourth-order valence-corrected chi connectivity index (χ4v) is 4.79. The van der Waals surface area contributed by atoms with Gasteiger partial charge >= 0.3 is 0 Å². The molecule has 0 bridgehead atoms. The molecule has 0 N–H and O–H groups in total. The molecule has 1 aliphatic rings. The Bertz CT molecular complexity index is 969. The molecule has 1 saturated heterocycles. The summed E-state index contributed by atoms with van der Waals surface area (Å²) < 4.78 is 27.4. The summed E-state index contributed by atoms with van der Waals surface area (Å²) in [5.74, 6) is 0. The van der Waals surface area contributed by atoms with Gasteiger partial charge in [-0.2, -0.15) is 4.31 Å². The number of sulfonamides is 1. The molecule has 7 heteroatoms. The molecule has 2 aromatic rings. The largest absolute Gasteiger partial charge is 0.265 e. The molecular weight excluding hydrogens is 364 g/mol. The Morgan fingerprint density at radius 2 is 1.78 bits per heavy atom. The zero-order chi connectivity index (χ0) is 19.7. The summed E-state index contributed by atoms with van der Waals surface area (Å²) in [4.78, 5) is 11.0. The molecule has 0 aliphatic carbocycles. The normalized spacial score (nSPS) is 22.2. The Hall–Kier alpha value is -2.51. The summed E-state index contributed by atoms with van der Waals surface area (Å²) in [6.45, 7) is 3.42. The molecular formula is C20H21N2O4S. The summed E-state index contributed by atoms with van der Waals surface area (Å²) in [5.41, 5.74) is 1.46. The van der Waals surface area contributed by atoms with Gasteiger partial charge in [0.1, 0.15) is 0 Å². The Morgan fingerprint density at radius 3 is 2.37 bits per heavy atom. The van der Waals surface area contributed by atoms with Crippen LogP contribution in [0.4, 0.5) is 0 Å². The average Bonchev–Trinajstić information content (AvgIpc) is 2.92. The number of rotatable bonds is 5. The lowest BCUT2D eigenvalue weighted by molar-refractivity contribution is -0.493. The minimum Gasteiger partial charge on any atom is -0.265 e. The van der Waals surface area contributed by atoms with Crippen molar-refractivity contribution in [2.45, 2.75) is 18.7 Å². The molecule has 1 aliphatic heterocycles. The van der Waals surface area contributed by atoms with E-state index in [1.807, 2.05) is 37.3 Å². The molecule has 6 nitrogen and oxygen atoms in total. The second kappa shape index (κ2) is 7.25. The second-order valence-corrected chi connectivity index (χ2v) is 9.05. The van der Waals surface area contributed by atoms with Crippen LogP contribution in [0.2, 0.25) is 0 Å². The van der Waals surface area contributed by atoms with Crippen molar-refractivity contribution in [3.63, 3.8) is 0 Å². The van der Waals surface area contributed by atoms with Gasteiger partial charge in [0.2, 0.25) is 16.6 Å². The van der Waals surface area contributed by atoms with Crippen LogP contribution in [0.3, 0.4) is 0 Å². The van der Waals surface area contributed by atoms with Crippen LogP contribution < -0.4 is 0 Å². The van der Waals surface area contributed by atoms with Gasteiger partial charge in [-0.3, -0.25) is 10.1 Å². The van der Waals surface area contributed by atoms with E-state index in [4.69, 9.17) is 0 Å². The summed E-state index contributed by atoms with van der Waals surface area (Å²) in [7, 11) is -3.74. The molecule has 1 heterocycles. The summed E-state index contributed by atoms with van der Waals surface area (Å²) in [6, 6.07) is 15.9. The number of nitro groups is 1. The lowest BCUT2D eigenvalue weighted by atomic mass is 9.84. The highest BCUT2D eigenvalue weighted by molar-refractivity contribution is 7.89. The Balaban J connectivity index is 1.99. The summed E-state index contributed by atoms with van der Waals surface area (Å²) in [6.07, 6.45) is 3.21. The van der Waals surface area contributed by atoms with Gasteiger partial charge in [-0.05, 0) is 43.2 Å². The van der Waals surface area contributed by atoms with Crippen LogP contribution in [0.25, 0.3) is 0 Å². The number of hydrogen-bond donors (Lipinski definition) is 0. The highest BCUT2D eigenvalue weighted by Crippen LogP contribution is 2.38. The molecule has 1 radical (unpaired) electrons. The van der Waals surface area contributed by atoms with Crippen molar-refractivity contribution < 1.29 is 13.3 Å². The molecule has 2 aromatic carbocycles. The van der Waals surface area contributed by atoms with Crippen molar-refractivity contribution in [2.75, 3.05) is 19.6 Å². The van der Waals surface area contributed by atoms with Crippen molar-refractivity contribution in [1.29, 1.82) is 0 Å². The van der Waals surface area contributed by atoms with Gasteiger partial charge in [-0.1, -0.05) is 48.0 Å². The molecule has 1 fully saturated rings. The van der Waals surface area contributed by atoms with Crippen LogP contribution in [0, 0.1) is 28.5 Å². The summed E-state index contributed by atoms with van der Waals surface area (Å²) >= 11 is 0. The summed E-state index contributed by atoms with van der Waals surface area (Å²) in [5, 5.41) is 11.2. The average molecular weight is 385 g/mol. The molecule has 1 atom stereocenters. The van der Waals surface area contributed by atoms with E-state index in [1.54, 1.807) is 31.2 Å². The monoisotopic (exact) mass is 385 g/mol. The maximum absolute atomic E-state index is 13.0. The molecule has 0 saturated carbocycles. The molecule has 0 aromatic heterocycles. The van der Waals surface area contributed by atoms with Crippen LogP contribution in [0.15, 0.2) is 65.1 Å². The van der Waals surface area contributed by atoms with Gasteiger partial charge in [0.15, 0.2) is 0 Å². The van der Waals surface area contributed by atoms with Gasteiger partial charge in [0.25, 0.3) is 0 Å². The third-order valence-electron chi connectivity index (χ3n) is 4.79. The van der Waals surface area contributed by atoms with E-state index in [0.717, 1.165) is 11.1 Å². The van der Waals surface area contributed by atoms with E-state index < -0.39 is 20.4 Å². The van der Waals surface area contributed by atoms with E-state index in [2.05, 4.69) is 6.08 Å². The van der Waals surface area contributed by atoms with E-state index in [-0.39, 0.29) is 24.5 Å². The third-order valence-corrected chi connectivity index (χ3v) is 6.60. The predicted molar refractivity (Wildman–Crippen MR) is 102 cm³/mol. The quantitative estimate of drug-likeness (QED) is 0.585. The van der Waals surface area contributed by atoms with Crippen molar-refractivity contribution in [2.24, 2.45) is 5.41 Å². The highest BCUT2D eigenvalue weighted by atomic mass is 32.2. The fraction of sp³-hybridized carbons (Fsp3) is 0.300. The highest BCUT2D eigenvalue weighted by Gasteiger charge is 2.46. The van der Waals surface area contributed by atoms with Gasteiger partial charge in [0, 0.05) is 18.0 Å². The van der Waals surface area contributed by atoms with Crippen LogP contribution in [0.5, 0.6) is 0 Å². The van der Waals surface area contributed by atoms with E-state index >= 15 is 0 Å². The van der Waals surface area contributed by atoms with Gasteiger partial charge < -0.3 is 0 Å². The Labute approximate surface area is 159 Å². The first-order valence-corrected chi connectivity index (χ1v) is 10.0. The van der Waals surface area contributed by atoms with E-state index in [9.17, 15) is 18.5 Å². The van der Waals surface area contributed by atoms with Crippen molar-refractivity contribution >= 4 is 10.0 Å². The van der Waals surface area contributed by atoms with Crippen molar-refractivity contribution in [3.05, 3.63) is 87.5 Å². The van der Waals surface area contributed by atoms with Gasteiger partial charge in [-0.15, -0.1) is 0 Å². The molecule has 0 unspecified atom stereocenters. The standard InChI is InChI=1S/C20H21N2O4S/c1-16-8-10-19(11-9-16)27(25,26)21-13-18(12-17-6-4-3-5-7-17)20(2,14-21)15-22(23)24/h3-11H,13-15H2,1-2H3/t20-/m1/s1. The van der Waals surface area contributed by atoms with Crippen molar-refractivity contribution in [1.82, 2.24) is 4.31 Å². The first-order chi connectivity index (χ1) is 12.7. The van der Waals surface area contributed by atoms with Gasteiger partial charge in [0.05, 0.1) is 10.3 Å². The fourth-order valence-electron chi connectivity index (χ4n) is 3.25. The SMILES string of the molecule is Cc1ccc(S(=O)(=O)N2CC(=[C]c3ccccc3)[C@@](C)(C[N+](=O)[O-])C2)cc1. The smallest absolute Gasteiger partial charge is 0.243 e. The maximum Gasteiger partial charge on any atom is 0.243 e. The van der Waals surface area contributed by atoms with Crippen molar-refractivity contribution in [3.8, 4) is 0 Å². The van der Waals surface area contributed by atoms with Crippen LogP contribution in [-0.4, -0.2) is 37.3 Å². The molecule has 141 valence electrons. The van der Waals surface area contributed by atoms with Crippen LogP contribution in [-0.2, 0) is 10.0 Å². The topological polar surface area (TPSA) is 80.5 Å². The van der Waals surface area contributed by atoms with Gasteiger partial charge in [-0.25, -0.2) is 8.42 Å². The number of benzene rings is 2. The molecule has 0 amide bonds. The molecule has 3 rings (SSSR count). The van der Waals surface area contributed by atoms with Crippen LogP contribution >= 0.6 is 0 Å². The Morgan fingerprint density at radius 1 is 1.15 bits per heavy atom. The minimum atomic E-state index is -3.74. The zero-order valence-electron chi connectivity index (χ0n) is 15.3.